The molecule has 152 valence electrons. The number of thioether (sulfide) groups is 1. The topological polar surface area (TPSA) is 58.2 Å². The van der Waals surface area contributed by atoms with Crippen LogP contribution in [-0.4, -0.2) is 17.6 Å². The Morgan fingerprint density at radius 1 is 0.933 bits per heavy atom. The van der Waals surface area contributed by atoms with Gasteiger partial charge in [0.1, 0.15) is 0 Å². The largest absolute Gasteiger partial charge is 0.325 e. The summed E-state index contributed by atoms with van der Waals surface area (Å²) in [5.41, 5.74) is 3.22. The Labute approximate surface area is 185 Å². The van der Waals surface area contributed by atoms with E-state index in [0.717, 1.165) is 21.7 Å². The Kier molecular flexibility index (Phi) is 7.71. The second-order valence-electron chi connectivity index (χ2n) is 6.51. The van der Waals surface area contributed by atoms with E-state index in [4.69, 9.17) is 11.6 Å². The summed E-state index contributed by atoms with van der Waals surface area (Å²) in [6.07, 6.45) is 3.26. The van der Waals surface area contributed by atoms with E-state index in [2.05, 4.69) is 10.6 Å². The van der Waals surface area contributed by atoms with Crippen molar-refractivity contribution in [3.05, 3.63) is 95.0 Å². The van der Waals surface area contributed by atoms with Crippen molar-refractivity contribution in [2.24, 2.45) is 0 Å². The van der Waals surface area contributed by atoms with Gasteiger partial charge in [-0.05, 0) is 60.5 Å². The van der Waals surface area contributed by atoms with E-state index in [1.807, 2.05) is 67.6 Å². The van der Waals surface area contributed by atoms with Gasteiger partial charge in [-0.1, -0.05) is 48.0 Å². The molecule has 0 heterocycles. The highest BCUT2D eigenvalue weighted by Gasteiger charge is 2.08. The van der Waals surface area contributed by atoms with Crippen LogP contribution in [0.15, 0.2) is 83.8 Å². The first-order valence-corrected chi connectivity index (χ1v) is 10.7. The number of hydrogen-bond acceptors (Lipinski definition) is 3. The minimum atomic E-state index is -0.199. The molecular weight excluding hydrogens is 416 g/mol. The Morgan fingerprint density at radius 3 is 2.40 bits per heavy atom. The number of carbonyl (C=O) groups is 2. The summed E-state index contributed by atoms with van der Waals surface area (Å²) in [7, 11) is 0. The first-order chi connectivity index (χ1) is 14.5. The summed E-state index contributed by atoms with van der Waals surface area (Å²) >= 11 is 7.50. The van der Waals surface area contributed by atoms with Crippen LogP contribution in [0.1, 0.15) is 11.1 Å². The molecule has 0 fully saturated rings. The second-order valence-corrected chi connectivity index (χ2v) is 7.96. The first kappa shape index (κ1) is 21.7. The fourth-order valence-electron chi connectivity index (χ4n) is 2.63. The lowest BCUT2D eigenvalue weighted by molar-refractivity contribution is -0.114. The van der Waals surface area contributed by atoms with E-state index >= 15 is 0 Å². The van der Waals surface area contributed by atoms with Gasteiger partial charge in [-0.25, -0.2) is 0 Å². The molecule has 0 atom stereocenters. The van der Waals surface area contributed by atoms with Crippen LogP contribution in [0.2, 0.25) is 5.02 Å². The molecule has 4 nitrogen and oxygen atoms in total. The number of anilines is 2. The van der Waals surface area contributed by atoms with Gasteiger partial charge in [0.15, 0.2) is 0 Å². The molecule has 30 heavy (non-hydrogen) atoms. The minimum Gasteiger partial charge on any atom is -0.325 e. The Hall–Kier alpha value is -3.02. The van der Waals surface area contributed by atoms with Crippen LogP contribution in [0.3, 0.4) is 0 Å². The quantitative estimate of drug-likeness (QED) is 0.351. The number of benzene rings is 3. The molecule has 0 aliphatic carbocycles. The standard InChI is InChI=1S/C24H21ClN2O2S/c1-17-21(25)8-5-9-22(17)27-24(29)16-30-20-13-11-19(12-14-20)26-23(28)15-10-18-6-3-2-4-7-18/h2-15H,16H2,1H3,(H,26,28)(H,27,29)/b15-10+. The molecule has 0 saturated heterocycles. The maximum absolute atomic E-state index is 12.2. The van der Waals surface area contributed by atoms with Crippen molar-refractivity contribution in [3.8, 4) is 0 Å². The Bertz CT molecular complexity index is 1050. The highest BCUT2D eigenvalue weighted by Crippen LogP contribution is 2.24. The van der Waals surface area contributed by atoms with E-state index < -0.39 is 0 Å². The molecule has 0 bridgehead atoms. The Morgan fingerprint density at radius 2 is 1.67 bits per heavy atom. The van der Waals surface area contributed by atoms with Gasteiger partial charge >= 0.3 is 0 Å². The maximum Gasteiger partial charge on any atom is 0.248 e. The number of nitrogens with one attached hydrogen (secondary N) is 2. The highest BCUT2D eigenvalue weighted by molar-refractivity contribution is 8.00. The van der Waals surface area contributed by atoms with Gasteiger partial charge < -0.3 is 10.6 Å². The monoisotopic (exact) mass is 436 g/mol. The first-order valence-electron chi connectivity index (χ1n) is 9.33. The van der Waals surface area contributed by atoms with Crippen LogP contribution in [0, 0.1) is 6.92 Å². The maximum atomic E-state index is 12.2. The minimum absolute atomic E-state index is 0.103. The third-order valence-corrected chi connectivity index (χ3v) is 5.68. The summed E-state index contributed by atoms with van der Waals surface area (Å²) in [5.74, 6) is -0.0263. The molecule has 0 aromatic heterocycles. The summed E-state index contributed by atoms with van der Waals surface area (Å²) in [5, 5.41) is 6.32. The zero-order valence-electron chi connectivity index (χ0n) is 16.4. The van der Waals surface area contributed by atoms with Crippen molar-refractivity contribution < 1.29 is 9.59 Å². The van der Waals surface area contributed by atoms with Gasteiger partial charge in [0.05, 0.1) is 5.75 Å². The molecule has 0 spiro atoms. The van der Waals surface area contributed by atoms with Crippen LogP contribution in [0.5, 0.6) is 0 Å². The van der Waals surface area contributed by atoms with E-state index in [-0.39, 0.29) is 17.6 Å². The molecule has 0 radical (unpaired) electrons. The van der Waals surface area contributed by atoms with Crippen molar-refractivity contribution in [2.45, 2.75) is 11.8 Å². The predicted molar refractivity (Wildman–Crippen MR) is 126 cm³/mol. The molecule has 0 aliphatic heterocycles. The summed E-state index contributed by atoms with van der Waals surface area (Å²) < 4.78 is 0. The van der Waals surface area contributed by atoms with Gasteiger partial charge in [-0.2, -0.15) is 0 Å². The summed E-state index contributed by atoms with van der Waals surface area (Å²) in [6.45, 7) is 1.87. The van der Waals surface area contributed by atoms with E-state index in [9.17, 15) is 9.59 Å². The summed E-state index contributed by atoms with van der Waals surface area (Å²) in [6, 6.07) is 22.4. The molecule has 6 heteroatoms. The van der Waals surface area contributed by atoms with Crippen molar-refractivity contribution in [1.82, 2.24) is 0 Å². The van der Waals surface area contributed by atoms with Crippen molar-refractivity contribution in [2.75, 3.05) is 16.4 Å². The van der Waals surface area contributed by atoms with Gasteiger partial charge in [-0.15, -0.1) is 11.8 Å². The smallest absolute Gasteiger partial charge is 0.248 e. The van der Waals surface area contributed by atoms with Crippen LogP contribution in [0.25, 0.3) is 6.08 Å². The van der Waals surface area contributed by atoms with E-state index in [0.29, 0.717) is 10.7 Å². The molecular formula is C24H21ClN2O2S. The number of halogens is 1. The molecule has 2 amide bonds. The number of rotatable bonds is 7. The number of carbonyl (C=O) groups excluding carboxylic acids is 2. The highest BCUT2D eigenvalue weighted by atomic mass is 35.5. The molecule has 3 aromatic carbocycles. The third-order valence-electron chi connectivity index (χ3n) is 4.26. The number of hydrogen-bond donors (Lipinski definition) is 2. The van der Waals surface area contributed by atoms with Crippen molar-refractivity contribution >= 4 is 52.6 Å². The molecule has 0 aliphatic rings. The van der Waals surface area contributed by atoms with Gasteiger partial charge in [0.25, 0.3) is 0 Å². The van der Waals surface area contributed by atoms with Crippen molar-refractivity contribution in [3.63, 3.8) is 0 Å². The van der Waals surface area contributed by atoms with Gasteiger partial charge in [0.2, 0.25) is 11.8 Å². The normalized spacial score (nSPS) is 10.7. The average molecular weight is 437 g/mol. The lowest BCUT2D eigenvalue weighted by Crippen LogP contribution is -2.14. The molecule has 0 unspecified atom stereocenters. The molecule has 0 saturated carbocycles. The van der Waals surface area contributed by atoms with Gasteiger partial charge in [-0.3, -0.25) is 9.59 Å². The van der Waals surface area contributed by atoms with Crippen LogP contribution >= 0.6 is 23.4 Å². The Balaban J connectivity index is 1.48. The fraction of sp³-hybridized carbons (Fsp3) is 0.0833. The van der Waals surface area contributed by atoms with E-state index in [1.165, 1.54) is 17.8 Å². The molecule has 2 N–H and O–H groups in total. The van der Waals surface area contributed by atoms with E-state index in [1.54, 1.807) is 18.2 Å². The van der Waals surface area contributed by atoms with Gasteiger partial charge in [0, 0.05) is 27.4 Å². The van der Waals surface area contributed by atoms with Crippen molar-refractivity contribution in [1.29, 1.82) is 0 Å². The third kappa shape index (κ3) is 6.51. The SMILES string of the molecule is Cc1c(Cl)cccc1NC(=O)CSc1ccc(NC(=O)/C=C/c2ccccc2)cc1. The average Bonchev–Trinajstić information content (AvgIpc) is 2.76. The lowest BCUT2D eigenvalue weighted by atomic mass is 10.2. The van der Waals surface area contributed by atoms with Crippen LogP contribution in [-0.2, 0) is 9.59 Å². The van der Waals surface area contributed by atoms with Crippen LogP contribution < -0.4 is 10.6 Å². The summed E-state index contributed by atoms with van der Waals surface area (Å²) in [4.78, 5) is 25.2. The zero-order chi connectivity index (χ0) is 21.3. The molecule has 3 aromatic rings. The fourth-order valence-corrected chi connectivity index (χ4v) is 3.51. The lowest BCUT2D eigenvalue weighted by Gasteiger charge is -2.09. The number of amides is 2. The zero-order valence-corrected chi connectivity index (χ0v) is 18.0. The second kappa shape index (κ2) is 10.7. The van der Waals surface area contributed by atoms with Crippen LogP contribution in [0.4, 0.5) is 11.4 Å². The molecule has 3 rings (SSSR count). The predicted octanol–water partition coefficient (Wildman–Crippen LogP) is 6.03.